The van der Waals surface area contributed by atoms with Crippen LogP contribution in [0, 0.1) is 0 Å². The monoisotopic (exact) mass is 464 g/mol. The molecule has 8 heteroatoms. The minimum Gasteiger partial charge on any atom is -0.493 e. The van der Waals surface area contributed by atoms with Gasteiger partial charge in [-0.05, 0) is 52.9 Å². The topological polar surface area (TPSA) is 60.4 Å². The largest absolute Gasteiger partial charge is 0.493 e. The smallest absolute Gasteiger partial charge is 0.338 e. The first-order chi connectivity index (χ1) is 13.5. The highest BCUT2D eigenvalue weighted by Crippen LogP contribution is 2.45. The van der Waals surface area contributed by atoms with Crippen molar-refractivity contribution in [3.05, 3.63) is 57.7 Å². The maximum Gasteiger partial charge on any atom is 0.338 e. The van der Waals surface area contributed by atoms with E-state index in [2.05, 4.69) is 27.5 Å². The Hall–Kier alpha value is -2.19. The molecule has 148 valence electrons. The van der Waals surface area contributed by atoms with Crippen LogP contribution in [0.15, 0.2) is 57.1 Å². The average Bonchev–Trinajstić information content (AvgIpc) is 3.13. The van der Waals surface area contributed by atoms with Crippen molar-refractivity contribution in [2.24, 2.45) is 4.99 Å². The Morgan fingerprint density at radius 1 is 1.46 bits per heavy atom. The molecule has 0 bridgehead atoms. The lowest BCUT2D eigenvalue weighted by Gasteiger charge is -2.33. The Morgan fingerprint density at radius 3 is 2.93 bits per heavy atom. The number of nitrogens with zero attached hydrogens (tertiary/aromatic N) is 2. The molecule has 1 unspecified atom stereocenters. The van der Waals surface area contributed by atoms with E-state index in [0.29, 0.717) is 36.0 Å². The third kappa shape index (κ3) is 3.84. The van der Waals surface area contributed by atoms with Crippen LogP contribution in [0.2, 0.25) is 0 Å². The Kier molecular flexibility index (Phi) is 6.51. The van der Waals surface area contributed by atoms with Crippen molar-refractivity contribution >= 4 is 38.8 Å². The summed E-state index contributed by atoms with van der Waals surface area (Å²) in [5.41, 5.74) is 2.01. The van der Waals surface area contributed by atoms with Gasteiger partial charge < -0.3 is 19.1 Å². The molecule has 2 aliphatic heterocycles. The van der Waals surface area contributed by atoms with Gasteiger partial charge in [0.05, 0.1) is 35.5 Å². The number of halogens is 1. The van der Waals surface area contributed by atoms with E-state index in [0.717, 1.165) is 15.2 Å². The zero-order valence-corrected chi connectivity index (χ0v) is 18.3. The van der Waals surface area contributed by atoms with Gasteiger partial charge in [0.2, 0.25) is 0 Å². The van der Waals surface area contributed by atoms with Crippen molar-refractivity contribution in [1.82, 2.24) is 4.90 Å². The van der Waals surface area contributed by atoms with Crippen molar-refractivity contribution in [3.63, 3.8) is 0 Å². The number of hydrogen-bond acceptors (Lipinski definition) is 7. The molecule has 0 aromatic heterocycles. The summed E-state index contributed by atoms with van der Waals surface area (Å²) in [7, 11) is 1.58. The highest BCUT2D eigenvalue weighted by molar-refractivity contribution is 9.10. The average molecular weight is 465 g/mol. The van der Waals surface area contributed by atoms with Gasteiger partial charge in [-0.3, -0.25) is 0 Å². The third-order valence-electron chi connectivity index (χ3n) is 4.23. The number of aliphatic imine (C=N–C) groups is 1. The van der Waals surface area contributed by atoms with Crippen molar-refractivity contribution in [3.8, 4) is 11.5 Å². The summed E-state index contributed by atoms with van der Waals surface area (Å²) in [5.74, 6) is 0.771. The summed E-state index contributed by atoms with van der Waals surface area (Å²) in [6.07, 6.45) is 3.59. The Bertz CT molecular complexity index is 894. The number of carbonyl (C=O) groups excluding carboxylic acids is 1. The van der Waals surface area contributed by atoms with Crippen molar-refractivity contribution in [2.45, 2.75) is 19.9 Å². The molecule has 0 fully saturated rings. The number of ether oxygens (including phenoxy) is 3. The number of carbonyl (C=O) groups is 1. The first kappa shape index (κ1) is 20.5. The predicted octanol–water partition coefficient (Wildman–Crippen LogP) is 4.79. The highest BCUT2D eigenvalue weighted by atomic mass is 79.9. The fraction of sp³-hybridized carbons (Fsp3) is 0.300. The summed E-state index contributed by atoms with van der Waals surface area (Å²) in [4.78, 5) is 19.3. The van der Waals surface area contributed by atoms with Gasteiger partial charge in [-0.2, -0.15) is 0 Å². The molecule has 0 radical (unpaired) electrons. The van der Waals surface area contributed by atoms with E-state index in [9.17, 15) is 4.79 Å². The SMILES string of the molecule is C=CCOc1c(Br)cc(C2C(C(=O)OCC)=C(C)N=C3SC=CN32)cc1OC. The zero-order valence-electron chi connectivity index (χ0n) is 15.9. The summed E-state index contributed by atoms with van der Waals surface area (Å²) in [6.45, 7) is 7.94. The van der Waals surface area contributed by atoms with Crippen molar-refractivity contribution < 1.29 is 19.0 Å². The fourth-order valence-electron chi connectivity index (χ4n) is 3.08. The second kappa shape index (κ2) is 8.87. The van der Waals surface area contributed by atoms with E-state index in [-0.39, 0.29) is 12.0 Å². The predicted molar refractivity (Wildman–Crippen MR) is 114 cm³/mol. The molecule has 0 aliphatic carbocycles. The molecular formula is C20H21BrN2O4S. The number of amidine groups is 1. The van der Waals surface area contributed by atoms with Gasteiger partial charge in [0.1, 0.15) is 6.61 Å². The molecule has 1 aromatic rings. The molecule has 0 saturated carbocycles. The van der Waals surface area contributed by atoms with E-state index in [1.54, 1.807) is 20.1 Å². The van der Waals surface area contributed by atoms with Crippen LogP contribution in [0.1, 0.15) is 25.5 Å². The number of allylic oxidation sites excluding steroid dienone is 1. The molecule has 2 heterocycles. The van der Waals surface area contributed by atoms with Crippen LogP contribution < -0.4 is 9.47 Å². The minimum atomic E-state index is -0.378. The van der Waals surface area contributed by atoms with E-state index in [1.165, 1.54) is 11.8 Å². The lowest BCUT2D eigenvalue weighted by Crippen LogP contribution is -2.34. The Labute approximate surface area is 177 Å². The standard InChI is InChI=1S/C20H21BrN2O4S/c1-5-8-27-18-14(21)10-13(11-15(18)25-4)17-16(19(24)26-6-2)12(3)22-20-23(17)7-9-28-20/h5,7,9-11,17H,1,6,8H2,2-4H3. The number of esters is 1. The van der Waals surface area contributed by atoms with Gasteiger partial charge in [0.15, 0.2) is 16.7 Å². The lowest BCUT2D eigenvalue weighted by atomic mass is 9.94. The van der Waals surface area contributed by atoms with Gasteiger partial charge >= 0.3 is 5.97 Å². The molecule has 0 spiro atoms. The van der Waals surface area contributed by atoms with E-state index < -0.39 is 0 Å². The first-order valence-corrected chi connectivity index (χ1v) is 10.4. The fourth-order valence-corrected chi connectivity index (χ4v) is 4.44. The molecule has 28 heavy (non-hydrogen) atoms. The molecule has 0 saturated heterocycles. The van der Waals surface area contributed by atoms with Crippen molar-refractivity contribution in [2.75, 3.05) is 20.3 Å². The van der Waals surface area contributed by atoms with Crippen LogP contribution in [0.25, 0.3) is 0 Å². The second-order valence-electron chi connectivity index (χ2n) is 5.96. The summed E-state index contributed by atoms with van der Waals surface area (Å²) in [6, 6.07) is 3.43. The van der Waals surface area contributed by atoms with Gasteiger partial charge in [0, 0.05) is 6.20 Å². The third-order valence-corrected chi connectivity index (χ3v) is 5.59. The quantitative estimate of drug-likeness (QED) is 0.426. The Balaban J connectivity index is 2.12. The lowest BCUT2D eigenvalue weighted by molar-refractivity contribution is -0.139. The van der Waals surface area contributed by atoms with Gasteiger partial charge in [-0.25, -0.2) is 9.79 Å². The van der Waals surface area contributed by atoms with E-state index in [4.69, 9.17) is 14.2 Å². The maximum absolute atomic E-state index is 12.7. The second-order valence-corrected chi connectivity index (χ2v) is 7.69. The highest BCUT2D eigenvalue weighted by Gasteiger charge is 2.38. The molecule has 0 amide bonds. The van der Waals surface area contributed by atoms with Crippen LogP contribution in [0.5, 0.6) is 11.5 Å². The van der Waals surface area contributed by atoms with Crippen LogP contribution in [-0.4, -0.2) is 36.4 Å². The molecular weight excluding hydrogens is 444 g/mol. The number of fused-ring (bicyclic) bond motifs is 1. The number of rotatable bonds is 7. The summed E-state index contributed by atoms with van der Waals surface area (Å²) < 4.78 is 17.3. The molecule has 2 aliphatic rings. The van der Waals surface area contributed by atoms with Crippen molar-refractivity contribution in [1.29, 1.82) is 0 Å². The van der Waals surface area contributed by atoms with Gasteiger partial charge in [-0.15, -0.1) is 0 Å². The molecule has 0 N–H and O–H groups in total. The summed E-state index contributed by atoms with van der Waals surface area (Å²) in [5, 5.41) is 2.76. The molecule has 6 nitrogen and oxygen atoms in total. The van der Waals surface area contributed by atoms with E-state index >= 15 is 0 Å². The van der Waals surface area contributed by atoms with Crippen LogP contribution in [0.3, 0.4) is 0 Å². The van der Waals surface area contributed by atoms with Crippen LogP contribution >= 0.6 is 27.7 Å². The maximum atomic E-state index is 12.7. The minimum absolute atomic E-state index is 0.296. The number of methoxy groups -OCH3 is 1. The molecule has 1 aromatic carbocycles. The molecule has 1 atom stereocenters. The normalized spacial score (nSPS) is 17.9. The molecule has 3 rings (SSSR count). The summed E-state index contributed by atoms with van der Waals surface area (Å²) >= 11 is 5.08. The van der Waals surface area contributed by atoms with Crippen LogP contribution in [0.4, 0.5) is 0 Å². The zero-order chi connectivity index (χ0) is 20.3. The first-order valence-electron chi connectivity index (χ1n) is 8.71. The van der Waals surface area contributed by atoms with E-state index in [1.807, 2.05) is 35.6 Å². The number of hydrogen-bond donors (Lipinski definition) is 0. The number of thioether (sulfide) groups is 1. The number of benzene rings is 1. The Morgan fingerprint density at radius 2 is 2.25 bits per heavy atom. The van der Waals surface area contributed by atoms with Crippen LogP contribution in [-0.2, 0) is 9.53 Å². The van der Waals surface area contributed by atoms with Gasteiger partial charge in [-0.1, -0.05) is 24.4 Å². The van der Waals surface area contributed by atoms with Gasteiger partial charge in [0.25, 0.3) is 0 Å².